The number of aryl methyl sites for hydroxylation is 1. The molecule has 0 bridgehead atoms. The van der Waals surface area contributed by atoms with Gasteiger partial charge in [-0.2, -0.15) is 0 Å². The minimum absolute atomic E-state index is 0.262. The molecule has 68 valence electrons. The lowest BCUT2D eigenvalue weighted by Gasteiger charge is -1.97. The van der Waals surface area contributed by atoms with Gasteiger partial charge >= 0.3 is 0 Å². The van der Waals surface area contributed by atoms with E-state index in [1.165, 1.54) is 6.07 Å². The number of benzene rings is 1. The van der Waals surface area contributed by atoms with E-state index >= 15 is 0 Å². The Labute approximate surface area is 82.7 Å². The van der Waals surface area contributed by atoms with Crippen molar-refractivity contribution in [3.63, 3.8) is 0 Å². The van der Waals surface area contributed by atoms with Crippen molar-refractivity contribution in [3.8, 4) is 11.8 Å². The fraction of sp³-hybridized carbons (Fsp3) is 0.273. The molecule has 0 saturated heterocycles. The zero-order chi connectivity index (χ0) is 9.68. The predicted molar refractivity (Wildman–Crippen MR) is 53.4 cm³/mol. The smallest absolute Gasteiger partial charge is 0.139 e. The molecule has 1 aromatic rings. The van der Waals surface area contributed by atoms with Gasteiger partial charge in [-0.05, 0) is 18.6 Å². The van der Waals surface area contributed by atoms with E-state index in [4.69, 9.17) is 11.6 Å². The number of hydrogen-bond donors (Lipinski definition) is 0. The van der Waals surface area contributed by atoms with E-state index in [-0.39, 0.29) is 5.82 Å². The first-order valence-corrected chi connectivity index (χ1v) is 4.59. The van der Waals surface area contributed by atoms with E-state index in [1.54, 1.807) is 6.07 Å². The van der Waals surface area contributed by atoms with Crippen LogP contribution in [-0.2, 0) is 0 Å². The van der Waals surface area contributed by atoms with Crippen LogP contribution in [-0.4, -0.2) is 5.88 Å². The summed E-state index contributed by atoms with van der Waals surface area (Å²) >= 11 is 5.45. The second-order valence-electron chi connectivity index (χ2n) is 2.67. The molecule has 0 saturated carbocycles. The lowest BCUT2D eigenvalue weighted by atomic mass is 10.1. The van der Waals surface area contributed by atoms with Crippen LogP contribution in [0, 0.1) is 24.6 Å². The van der Waals surface area contributed by atoms with Crippen LogP contribution in [0.15, 0.2) is 18.2 Å². The van der Waals surface area contributed by atoms with Gasteiger partial charge < -0.3 is 0 Å². The fourth-order valence-electron chi connectivity index (χ4n) is 0.988. The van der Waals surface area contributed by atoms with E-state index in [2.05, 4.69) is 11.8 Å². The molecule has 0 heterocycles. The Kier molecular flexibility index (Phi) is 3.79. The second kappa shape index (κ2) is 4.89. The third-order valence-corrected chi connectivity index (χ3v) is 1.84. The Balaban J connectivity index is 2.95. The van der Waals surface area contributed by atoms with Crippen molar-refractivity contribution in [3.05, 3.63) is 35.1 Å². The molecule has 1 rings (SSSR count). The summed E-state index contributed by atoms with van der Waals surface area (Å²) in [5.41, 5.74) is 1.34. The minimum atomic E-state index is -0.262. The fourth-order valence-corrected chi connectivity index (χ4v) is 1.08. The van der Waals surface area contributed by atoms with Gasteiger partial charge in [0, 0.05) is 12.3 Å². The van der Waals surface area contributed by atoms with E-state index in [0.717, 1.165) is 5.56 Å². The normalized spacial score (nSPS) is 9.15. The van der Waals surface area contributed by atoms with Gasteiger partial charge in [0.1, 0.15) is 5.82 Å². The summed E-state index contributed by atoms with van der Waals surface area (Å²) in [6.07, 6.45) is 0.593. The maximum absolute atomic E-state index is 13.1. The quantitative estimate of drug-likeness (QED) is 0.478. The molecule has 0 aromatic heterocycles. The molecule has 0 atom stereocenters. The van der Waals surface area contributed by atoms with Gasteiger partial charge in [0.15, 0.2) is 0 Å². The van der Waals surface area contributed by atoms with Crippen LogP contribution in [0.2, 0.25) is 0 Å². The van der Waals surface area contributed by atoms with Gasteiger partial charge in [0.05, 0.1) is 5.56 Å². The van der Waals surface area contributed by atoms with E-state index in [9.17, 15) is 4.39 Å². The lowest BCUT2D eigenvalue weighted by molar-refractivity contribution is 0.623. The maximum atomic E-state index is 13.1. The summed E-state index contributed by atoms with van der Waals surface area (Å²) in [4.78, 5) is 0. The third kappa shape index (κ3) is 2.75. The summed E-state index contributed by atoms with van der Waals surface area (Å²) < 4.78 is 13.1. The summed E-state index contributed by atoms with van der Waals surface area (Å²) in [6, 6.07) is 4.93. The molecule has 0 unspecified atom stereocenters. The van der Waals surface area contributed by atoms with Gasteiger partial charge in [0.2, 0.25) is 0 Å². The molecule has 1 aromatic carbocycles. The Morgan fingerprint density at radius 3 is 2.85 bits per heavy atom. The van der Waals surface area contributed by atoms with Crippen molar-refractivity contribution in [2.45, 2.75) is 13.3 Å². The van der Waals surface area contributed by atoms with E-state index in [1.807, 2.05) is 13.0 Å². The average Bonchev–Trinajstić information content (AvgIpc) is 2.10. The predicted octanol–water partition coefficient (Wildman–Crippen LogP) is 3.11. The highest BCUT2D eigenvalue weighted by atomic mass is 35.5. The molecule has 0 nitrogen and oxygen atoms in total. The summed E-state index contributed by atoms with van der Waals surface area (Å²) in [7, 11) is 0. The molecule has 13 heavy (non-hydrogen) atoms. The van der Waals surface area contributed by atoms with Crippen LogP contribution in [0.25, 0.3) is 0 Å². The first-order valence-electron chi connectivity index (χ1n) is 4.05. The third-order valence-electron chi connectivity index (χ3n) is 1.65. The van der Waals surface area contributed by atoms with Crippen LogP contribution in [0.1, 0.15) is 17.5 Å². The Hall–Kier alpha value is -1.00. The number of halogens is 2. The first-order chi connectivity index (χ1) is 6.25. The van der Waals surface area contributed by atoms with Crippen LogP contribution in [0.3, 0.4) is 0 Å². The first kappa shape index (κ1) is 10.1. The molecule has 0 aliphatic rings. The average molecular weight is 197 g/mol. The molecule has 2 heteroatoms. The molecule has 0 N–H and O–H groups in total. The zero-order valence-electron chi connectivity index (χ0n) is 7.40. The van der Waals surface area contributed by atoms with Gasteiger partial charge in [0.25, 0.3) is 0 Å². The van der Waals surface area contributed by atoms with E-state index < -0.39 is 0 Å². The van der Waals surface area contributed by atoms with Crippen molar-refractivity contribution in [2.24, 2.45) is 0 Å². The van der Waals surface area contributed by atoms with Gasteiger partial charge in [-0.1, -0.05) is 24.0 Å². The zero-order valence-corrected chi connectivity index (χ0v) is 8.16. The van der Waals surface area contributed by atoms with Gasteiger partial charge in [-0.3, -0.25) is 0 Å². The van der Waals surface area contributed by atoms with Crippen molar-refractivity contribution >= 4 is 11.6 Å². The van der Waals surface area contributed by atoms with Crippen LogP contribution >= 0.6 is 11.6 Å². The highest BCUT2D eigenvalue weighted by Crippen LogP contribution is 2.10. The van der Waals surface area contributed by atoms with E-state index in [0.29, 0.717) is 17.9 Å². The summed E-state index contributed by atoms with van der Waals surface area (Å²) in [5, 5.41) is 0. The SMILES string of the molecule is Cc1cccc(F)c1C#CCCCl. The monoisotopic (exact) mass is 196 g/mol. The summed E-state index contributed by atoms with van der Waals surface area (Å²) in [6.45, 7) is 1.84. The van der Waals surface area contributed by atoms with Gasteiger partial charge in [-0.15, -0.1) is 11.6 Å². The van der Waals surface area contributed by atoms with Crippen molar-refractivity contribution in [1.82, 2.24) is 0 Å². The van der Waals surface area contributed by atoms with Crippen molar-refractivity contribution in [1.29, 1.82) is 0 Å². The number of hydrogen-bond acceptors (Lipinski definition) is 0. The maximum Gasteiger partial charge on any atom is 0.139 e. The van der Waals surface area contributed by atoms with Gasteiger partial charge in [-0.25, -0.2) is 4.39 Å². The molecule has 0 radical (unpaired) electrons. The molecule has 0 aliphatic carbocycles. The Bertz CT molecular complexity index is 327. The van der Waals surface area contributed by atoms with Crippen molar-refractivity contribution in [2.75, 3.05) is 5.88 Å². The number of rotatable bonds is 1. The topological polar surface area (TPSA) is 0 Å². The largest absolute Gasteiger partial charge is 0.206 e. The molecule has 0 spiro atoms. The Morgan fingerprint density at radius 2 is 2.23 bits per heavy atom. The molecule has 0 amide bonds. The highest BCUT2D eigenvalue weighted by Gasteiger charge is 2.00. The molecular formula is C11H10ClF. The Morgan fingerprint density at radius 1 is 1.46 bits per heavy atom. The second-order valence-corrected chi connectivity index (χ2v) is 3.05. The summed E-state index contributed by atoms with van der Waals surface area (Å²) in [5.74, 6) is 5.81. The lowest BCUT2D eigenvalue weighted by Crippen LogP contribution is -1.87. The number of alkyl halides is 1. The molecular weight excluding hydrogens is 187 g/mol. The standard InChI is InChI=1S/C11H10ClF/c1-9-5-4-7-11(13)10(9)6-2-3-8-12/h4-5,7H,3,8H2,1H3. The highest BCUT2D eigenvalue weighted by molar-refractivity contribution is 6.18. The van der Waals surface area contributed by atoms with Crippen LogP contribution < -0.4 is 0 Å². The molecule has 0 fully saturated rings. The van der Waals surface area contributed by atoms with Crippen LogP contribution in [0.5, 0.6) is 0 Å². The van der Waals surface area contributed by atoms with Crippen molar-refractivity contribution < 1.29 is 4.39 Å². The molecule has 0 aliphatic heterocycles. The minimum Gasteiger partial charge on any atom is -0.206 e. The van der Waals surface area contributed by atoms with Crippen LogP contribution in [0.4, 0.5) is 4.39 Å².